The Morgan fingerprint density at radius 2 is 1.76 bits per heavy atom. The molecule has 0 radical (unpaired) electrons. The summed E-state index contributed by atoms with van der Waals surface area (Å²) in [5, 5.41) is 3.24. The number of benzene rings is 2. The van der Waals surface area contributed by atoms with E-state index in [1.165, 1.54) is 11.0 Å². The van der Waals surface area contributed by atoms with Crippen LogP contribution < -0.4 is 9.62 Å². The molecule has 2 aromatic carbocycles. The van der Waals surface area contributed by atoms with Gasteiger partial charge in [-0.15, -0.1) is 0 Å². The molecule has 1 N–H and O–H groups in total. The van der Waals surface area contributed by atoms with Crippen molar-refractivity contribution in [1.82, 2.24) is 10.2 Å². The molecule has 0 saturated carbocycles. The SMILES string of the molecule is CC[C@H](C)NC(=O)[C@H](C)N(Cc1ccc(Br)cc1)C(=O)CN(c1cccc(Cl)c1)S(C)(=O)=O. The second-order valence-electron chi connectivity index (χ2n) is 7.89. The van der Waals surface area contributed by atoms with Crippen molar-refractivity contribution in [2.75, 3.05) is 17.1 Å². The molecule has 0 aliphatic rings. The van der Waals surface area contributed by atoms with Crippen LogP contribution in [0.5, 0.6) is 0 Å². The fraction of sp³-hybridized carbons (Fsp3) is 0.391. The third kappa shape index (κ3) is 8.01. The Hall–Kier alpha value is -2.10. The zero-order valence-electron chi connectivity index (χ0n) is 19.1. The van der Waals surface area contributed by atoms with Crippen molar-refractivity contribution in [2.24, 2.45) is 0 Å². The van der Waals surface area contributed by atoms with Gasteiger partial charge in [0.2, 0.25) is 21.8 Å². The van der Waals surface area contributed by atoms with Crippen LogP contribution >= 0.6 is 27.5 Å². The fourth-order valence-corrected chi connectivity index (χ4v) is 4.37. The van der Waals surface area contributed by atoms with E-state index < -0.39 is 28.5 Å². The first-order valence-corrected chi connectivity index (χ1v) is 13.5. The standard InChI is InChI=1S/C23H29BrClN3O4S/c1-5-16(2)26-23(30)17(3)27(14-18-9-11-19(24)12-10-18)22(29)15-28(33(4,31)32)21-8-6-7-20(25)13-21/h6-13,16-17H,5,14-15H2,1-4H3,(H,26,30)/t16-,17-/m0/s1. The van der Waals surface area contributed by atoms with E-state index in [-0.39, 0.29) is 24.2 Å². The molecule has 0 saturated heterocycles. The fourth-order valence-electron chi connectivity index (χ4n) is 3.08. The number of sulfonamides is 1. The van der Waals surface area contributed by atoms with E-state index in [0.29, 0.717) is 5.02 Å². The van der Waals surface area contributed by atoms with Gasteiger partial charge in [0.05, 0.1) is 11.9 Å². The third-order valence-corrected chi connectivity index (χ3v) is 7.11. The topological polar surface area (TPSA) is 86.8 Å². The quantitative estimate of drug-likeness (QED) is 0.474. The van der Waals surface area contributed by atoms with Gasteiger partial charge in [0.1, 0.15) is 12.6 Å². The van der Waals surface area contributed by atoms with Crippen molar-refractivity contribution in [3.8, 4) is 0 Å². The van der Waals surface area contributed by atoms with Crippen LogP contribution in [0.4, 0.5) is 5.69 Å². The van der Waals surface area contributed by atoms with Gasteiger partial charge in [-0.05, 0) is 56.2 Å². The molecule has 0 aliphatic heterocycles. The predicted molar refractivity (Wildman–Crippen MR) is 136 cm³/mol. The van der Waals surface area contributed by atoms with E-state index in [4.69, 9.17) is 11.6 Å². The highest BCUT2D eigenvalue weighted by molar-refractivity contribution is 9.10. The maximum absolute atomic E-state index is 13.4. The molecule has 0 heterocycles. The summed E-state index contributed by atoms with van der Waals surface area (Å²) >= 11 is 9.42. The number of hydrogen-bond acceptors (Lipinski definition) is 4. The van der Waals surface area contributed by atoms with Gasteiger partial charge < -0.3 is 10.2 Å². The van der Waals surface area contributed by atoms with E-state index in [0.717, 1.165) is 27.0 Å². The summed E-state index contributed by atoms with van der Waals surface area (Å²) in [5.41, 5.74) is 1.09. The number of carbonyl (C=O) groups excluding carboxylic acids is 2. The predicted octanol–water partition coefficient (Wildman–Crippen LogP) is 4.20. The summed E-state index contributed by atoms with van der Waals surface area (Å²) in [4.78, 5) is 27.7. The Labute approximate surface area is 209 Å². The van der Waals surface area contributed by atoms with Crippen LogP contribution in [0.25, 0.3) is 0 Å². The first kappa shape index (κ1) is 27.1. The zero-order valence-corrected chi connectivity index (χ0v) is 22.2. The molecule has 0 aliphatic carbocycles. The minimum Gasteiger partial charge on any atom is -0.352 e. The second-order valence-corrected chi connectivity index (χ2v) is 11.2. The molecule has 0 unspecified atom stereocenters. The summed E-state index contributed by atoms with van der Waals surface area (Å²) in [6.07, 6.45) is 1.77. The lowest BCUT2D eigenvalue weighted by Crippen LogP contribution is -2.52. The molecule has 2 aromatic rings. The first-order valence-electron chi connectivity index (χ1n) is 10.5. The lowest BCUT2D eigenvalue weighted by molar-refractivity contribution is -0.139. The molecular formula is C23H29BrClN3O4S. The Kier molecular flexibility index (Phi) is 9.75. The van der Waals surface area contributed by atoms with Gasteiger partial charge in [0.25, 0.3) is 0 Å². The molecule has 2 amide bonds. The zero-order chi connectivity index (χ0) is 24.8. The number of rotatable bonds is 10. The van der Waals surface area contributed by atoms with Crippen LogP contribution in [0.15, 0.2) is 53.0 Å². The molecule has 33 heavy (non-hydrogen) atoms. The van der Waals surface area contributed by atoms with Gasteiger partial charge in [-0.25, -0.2) is 8.42 Å². The third-order valence-electron chi connectivity index (χ3n) is 5.21. The average Bonchev–Trinajstić information content (AvgIpc) is 2.75. The summed E-state index contributed by atoms with van der Waals surface area (Å²) in [6.45, 7) is 5.16. The molecule has 2 rings (SSSR count). The minimum atomic E-state index is -3.79. The Morgan fingerprint density at radius 1 is 1.12 bits per heavy atom. The number of hydrogen-bond donors (Lipinski definition) is 1. The van der Waals surface area contributed by atoms with Crippen LogP contribution in [0.1, 0.15) is 32.8 Å². The van der Waals surface area contributed by atoms with Crippen LogP contribution in [-0.4, -0.2) is 50.0 Å². The number of amides is 2. The van der Waals surface area contributed by atoms with Gasteiger partial charge in [-0.2, -0.15) is 0 Å². The maximum atomic E-state index is 13.4. The average molecular weight is 559 g/mol. The van der Waals surface area contributed by atoms with E-state index in [1.807, 2.05) is 38.1 Å². The van der Waals surface area contributed by atoms with Gasteiger partial charge >= 0.3 is 0 Å². The molecule has 7 nitrogen and oxygen atoms in total. The van der Waals surface area contributed by atoms with Gasteiger partial charge in [-0.3, -0.25) is 13.9 Å². The number of halogens is 2. The van der Waals surface area contributed by atoms with Gasteiger partial charge in [0.15, 0.2) is 0 Å². The van der Waals surface area contributed by atoms with Crippen molar-refractivity contribution in [3.05, 3.63) is 63.6 Å². The van der Waals surface area contributed by atoms with Crippen molar-refractivity contribution < 1.29 is 18.0 Å². The second kappa shape index (κ2) is 11.9. The highest BCUT2D eigenvalue weighted by atomic mass is 79.9. The highest BCUT2D eigenvalue weighted by Gasteiger charge is 2.30. The first-order chi connectivity index (χ1) is 15.4. The maximum Gasteiger partial charge on any atom is 0.244 e. The molecule has 0 spiro atoms. The monoisotopic (exact) mass is 557 g/mol. The normalized spacial score (nSPS) is 13.2. The van der Waals surface area contributed by atoms with E-state index in [1.54, 1.807) is 25.1 Å². The summed E-state index contributed by atoms with van der Waals surface area (Å²) in [6, 6.07) is 12.8. The number of anilines is 1. The number of carbonyl (C=O) groups is 2. The Bertz CT molecular complexity index is 1080. The summed E-state index contributed by atoms with van der Waals surface area (Å²) in [5.74, 6) is -0.807. The summed E-state index contributed by atoms with van der Waals surface area (Å²) < 4.78 is 26.9. The van der Waals surface area contributed by atoms with Crippen molar-refractivity contribution in [3.63, 3.8) is 0 Å². The van der Waals surface area contributed by atoms with E-state index in [9.17, 15) is 18.0 Å². The molecule has 0 bridgehead atoms. The molecule has 180 valence electrons. The van der Waals surface area contributed by atoms with Gasteiger partial charge in [0, 0.05) is 22.1 Å². The number of nitrogens with zero attached hydrogens (tertiary/aromatic N) is 2. The lowest BCUT2D eigenvalue weighted by Gasteiger charge is -2.32. The van der Waals surface area contributed by atoms with Crippen LogP contribution in [-0.2, 0) is 26.2 Å². The molecule has 0 aromatic heterocycles. The highest BCUT2D eigenvalue weighted by Crippen LogP contribution is 2.23. The molecule has 0 fully saturated rings. The molecule has 2 atom stereocenters. The number of nitrogens with one attached hydrogen (secondary N) is 1. The Morgan fingerprint density at radius 3 is 2.30 bits per heavy atom. The Balaban J connectivity index is 2.37. The van der Waals surface area contributed by atoms with Crippen molar-refractivity contribution >= 4 is 55.1 Å². The smallest absolute Gasteiger partial charge is 0.244 e. The molecule has 10 heteroatoms. The lowest BCUT2D eigenvalue weighted by atomic mass is 10.1. The van der Waals surface area contributed by atoms with Crippen LogP contribution in [0.3, 0.4) is 0 Å². The summed E-state index contributed by atoms with van der Waals surface area (Å²) in [7, 11) is -3.79. The van der Waals surface area contributed by atoms with Crippen LogP contribution in [0.2, 0.25) is 5.02 Å². The molecular weight excluding hydrogens is 530 g/mol. The van der Waals surface area contributed by atoms with Crippen molar-refractivity contribution in [1.29, 1.82) is 0 Å². The largest absolute Gasteiger partial charge is 0.352 e. The van der Waals surface area contributed by atoms with Gasteiger partial charge in [-0.1, -0.05) is 52.7 Å². The van der Waals surface area contributed by atoms with E-state index in [2.05, 4.69) is 21.2 Å². The van der Waals surface area contributed by atoms with Crippen LogP contribution in [0, 0.1) is 0 Å². The van der Waals surface area contributed by atoms with Crippen molar-refractivity contribution in [2.45, 2.75) is 45.8 Å². The van der Waals surface area contributed by atoms with E-state index >= 15 is 0 Å². The minimum absolute atomic E-state index is 0.0523.